The Morgan fingerprint density at radius 2 is 2.20 bits per heavy atom. The van der Waals surface area contributed by atoms with Gasteiger partial charge in [-0.2, -0.15) is 0 Å². The molecule has 0 unspecified atom stereocenters. The van der Waals surface area contributed by atoms with Crippen LogP contribution < -0.4 is 5.32 Å². The van der Waals surface area contributed by atoms with Gasteiger partial charge in [0.1, 0.15) is 0 Å². The molecule has 1 N–H and O–H groups in total. The van der Waals surface area contributed by atoms with Crippen molar-refractivity contribution < 1.29 is 9.53 Å². The van der Waals surface area contributed by atoms with Gasteiger partial charge in [-0.25, -0.2) is 4.79 Å². The number of hydrogen-bond acceptors (Lipinski definition) is 2. The molecule has 1 aromatic rings. The number of nitrogens with one attached hydrogen (secondary N) is 1. The number of benzene rings is 1. The Bertz CT molecular complexity index is 323. The Labute approximate surface area is 90.4 Å². The van der Waals surface area contributed by atoms with E-state index in [0.29, 0.717) is 6.61 Å². The molecule has 1 aromatic carbocycles. The number of ether oxygens (including phenoxy) is 1. The first-order chi connectivity index (χ1) is 7.26. The second-order valence-corrected chi connectivity index (χ2v) is 3.30. The van der Waals surface area contributed by atoms with Gasteiger partial charge in [0.2, 0.25) is 0 Å². The lowest BCUT2D eigenvalue weighted by Crippen LogP contribution is -2.13. The fourth-order valence-corrected chi connectivity index (χ4v) is 1.38. The number of hydrogen-bond donors (Lipinski definition) is 1. The first-order valence-electron chi connectivity index (χ1n) is 5.29. The smallest absolute Gasteiger partial charge is 0.411 e. The van der Waals surface area contributed by atoms with Crippen LogP contribution in [0.1, 0.15) is 25.8 Å². The standard InChI is InChI=1S/C12H17NO2/c1-3-6-10-7-5-8-11(9-10)13-12(14)15-4-2/h5,7-9H,3-4,6H2,1-2H3,(H,13,14). The van der Waals surface area contributed by atoms with Gasteiger partial charge in [-0.3, -0.25) is 5.32 Å². The first kappa shape index (κ1) is 11.6. The van der Waals surface area contributed by atoms with E-state index >= 15 is 0 Å². The molecule has 0 heterocycles. The highest BCUT2D eigenvalue weighted by Gasteiger charge is 2.01. The summed E-state index contributed by atoms with van der Waals surface area (Å²) in [4.78, 5) is 11.1. The summed E-state index contributed by atoms with van der Waals surface area (Å²) in [5, 5.41) is 2.68. The topological polar surface area (TPSA) is 38.3 Å². The summed E-state index contributed by atoms with van der Waals surface area (Å²) in [6.07, 6.45) is 1.73. The molecule has 0 aromatic heterocycles. The fourth-order valence-electron chi connectivity index (χ4n) is 1.38. The molecule has 0 aliphatic carbocycles. The lowest BCUT2D eigenvalue weighted by Gasteiger charge is -2.06. The maximum Gasteiger partial charge on any atom is 0.411 e. The van der Waals surface area contributed by atoms with Crippen LogP contribution in [0.5, 0.6) is 0 Å². The van der Waals surface area contributed by atoms with Crippen LogP contribution in [0.3, 0.4) is 0 Å². The third kappa shape index (κ3) is 4.02. The van der Waals surface area contributed by atoms with Gasteiger partial charge in [-0.05, 0) is 31.0 Å². The summed E-state index contributed by atoms with van der Waals surface area (Å²) in [6.45, 7) is 4.30. The van der Waals surface area contributed by atoms with Crippen LogP contribution in [0.4, 0.5) is 10.5 Å². The Morgan fingerprint density at radius 3 is 2.87 bits per heavy atom. The van der Waals surface area contributed by atoms with Crippen molar-refractivity contribution >= 4 is 11.8 Å². The maximum absolute atomic E-state index is 11.1. The second-order valence-electron chi connectivity index (χ2n) is 3.30. The van der Waals surface area contributed by atoms with Crippen LogP contribution in [0.25, 0.3) is 0 Å². The number of aryl methyl sites for hydroxylation is 1. The zero-order valence-electron chi connectivity index (χ0n) is 9.25. The predicted octanol–water partition coefficient (Wildman–Crippen LogP) is 3.21. The Hall–Kier alpha value is -1.51. The molecule has 0 fully saturated rings. The molecule has 0 atom stereocenters. The minimum Gasteiger partial charge on any atom is -0.450 e. The Balaban J connectivity index is 2.60. The summed E-state index contributed by atoms with van der Waals surface area (Å²) in [5.74, 6) is 0. The minimum absolute atomic E-state index is 0.389. The summed E-state index contributed by atoms with van der Waals surface area (Å²) < 4.78 is 4.80. The highest BCUT2D eigenvalue weighted by atomic mass is 16.5. The lowest BCUT2D eigenvalue weighted by atomic mass is 10.1. The highest BCUT2D eigenvalue weighted by molar-refractivity contribution is 5.84. The van der Waals surface area contributed by atoms with Gasteiger partial charge in [0.15, 0.2) is 0 Å². The van der Waals surface area contributed by atoms with E-state index in [0.717, 1.165) is 18.5 Å². The van der Waals surface area contributed by atoms with Crippen LogP contribution in [0.15, 0.2) is 24.3 Å². The number of amides is 1. The van der Waals surface area contributed by atoms with E-state index in [1.54, 1.807) is 6.92 Å². The average Bonchev–Trinajstić information content (AvgIpc) is 2.19. The second kappa shape index (κ2) is 6.06. The van der Waals surface area contributed by atoms with Crippen molar-refractivity contribution in [1.29, 1.82) is 0 Å². The Kier molecular flexibility index (Phi) is 4.68. The third-order valence-corrected chi connectivity index (χ3v) is 1.99. The normalized spacial score (nSPS) is 9.73. The number of carbonyl (C=O) groups excluding carboxylic acids is 1. The van der Waals surface area contributed by atoms with Crippen molar-refractivity contribution in [2.24, 2.45) is 0 Å². The molecule has 1 amide bonds. The summed E-state index contributed by atoms with van der Waals surface area (Å²) >= 11 is 0. The third-order valence-electron chi connectivity index (χ3n) is 1.99. The molecule has 0 saturated heterocycles. The molecule has 82 valence electrons. The van der Waals surface area contributed by atoms with E-state index in [1.165, 1.54) is 5.56 Å². The van der Waals surface area contributed by atoms with Crippen LogP contribution in [-0.2, 0) is 11.2 Å². The van der Waals surface area contributed by atoms with Crippen molar-refractivity contribution in [3.05, 3.63) is 29.8 Å². The summed E-state index contributed by atoms with van der Waals surface area (Å²) in [5.41, 5.74) is 2.02. The molecule has 0 radical (unpaired) electrons. The van der Waals surface area contributed by atoms with E-state index in [1.807, 2.05) is 18.2 Å². The van der Waals surface area contributed by atoms with E-state index in [4.69, 9.17) is 4.74 Å². The van der Waals surface area contributed by atoms with Gasteiger partial charge in [0, 0.05) is 5.69 Å². The molecule has 3 nitrogen and oxygen atoms in total. The largest absolute Gasteiger partial charge is 0.450 e. The zero-order valence-corrected chi connectivity index (χ0v) is 9.25. The molecule has 0 spiro atoms. The van der Waals surface area contributed by atoms with Crippen molar-refractivity contribution in [3.8, 4) is 0 Å². The van der Waals surface area contributed by atoms with Crippen LogP contribution >= 0.6 is 0 Å². The van der Waals surface area contributed by atoms with E-state index in [-0.39, 0.29) is 0 Å². The van der Waals surface area contributed by atoms with Gasteiger partial charge in [-0.15, -0.1) is 0 Å². The molecular formula is C12H17NO2. The highest BCUT2D eigenvalue weighted by Crippen LogP contribution is 2.12. The number of carbonyl (C=O) groups is 1. The van der Waals surface area contributed by atoms with Gasteiger partial charge in [0.05, 0.1) is 6.61 Å². The monoisotopic (exact) mass is 207 g/mol. The minimum atomic E-state index is -0.397. The van der Waals surface area contributed by atoms with Gasteiger partial charge < -0.3 is 4.74 Å². The van der Waals surface area contributed by atoms with Crippen LogP contribution in [-0.4, -0.2) is 12.7 Å². The SMILES string of the molecule is CCCc1cccc(NC(=O)OCC)c1. The van der Waals surface area contributed by atoms with E-state index < -0.39 is 6.09 Å². The molecule has 0 bridgehead atoms. The number of anilines is 1. The fraction of sp³-hybridized carbons (Fsp3) is 0.417. The predicted molar refractivity (Wildman–Crippen MR) is 61.1 cm³/mol. The average molecular weight is 207 g/mol. The van der Waals surface area contributed by atoms with Crippen molar-refractivity contribution in [1.82, 2.24) is 0 Å². The molecule has 15 heavy (non-hydrogen) atoms. The molecule has 1 rings (SSSR count). The summed E-state index contributed by atoms with van der Waals surface area (Å²) in [7, 11) is 0. The maximum atomic E-state index is 11.1. The number of rotatable bonds is 4. The zero-order chi connectivity index (χ0) is 11.1. The van der Waals surface area contributed by atoms with Crippen molar-refractivity contribution in [3.63, 3.8) is 0 Å². The van der Waals surface area contributed by atoms with Gasteiger partial charge >= 0.3 is 6.09 Å². The first-order valence-corrected chi connectivity index (χ1v) is 5.29. The molecule has 3 heteroatoms. The van der Waals surface area contributed by atoms with E-state index in [2.05, 4.69) is 18.3 Å². The van der Waals surface area contributed by atoms with Crippen LogP contribution in [0.2, 0.25) is 0 Å². The van der Waals surface area contributed by atoms with E-state index in [9.17, 15) is 4.79 Å². The lowest BCUT2D eigenvalue weighted by molar-refractivity contribution is 0.168. The Morgan fingerprint density at radius 1 is 1.40 bits per heavy atom. The molecule has 0 saturated carbocycles. The molecule has 0 aliphatic heterocycles. The van der Waals surface area contributed by atoms with Crippen LogP contribution in [0, 0.1) is 0 Å². The summed E-state index contributed by atoms with van der Waals surface area (Å²) in [6, 6.07) is 7.82. The molecule has 0 aliphatic rings. The van der Waals surface area contributed by atoms with Gasteiger partial charge in [-0.1, -0.05) is 25.5 Å². The van der Waals surface area contributed by atoms with Crippen molar-refractivity contribution in [2.45, 2.75) is 26.7 Å². The van der Waals surface area contributed by atoms with Gasteiger partial charge in [0.25, 0.3) is 0 Å². The quantitative estimate of drug-likeness (QED) is 0.823. The molecular weight excluding hydrogens is 190 g/mol. The van der Waals surface area contributed by atoms with Crippen molar-refractivity contribution in [2.75, 3.05) is 11.9 Å².